The molecule has 1 aromatic heterocycles. The van der Waals surface area contributed by atoms with Crippen LogP contribution in [0, 0.1) is 0 Å². The van der Waals surface area contributed by atoms with Gasteiger partial charge < -0.3 is 19.0 Å². The van der Waals surface area contributed by atoms with Crippen LogP contribution in [0.15, 0.2) is 99.0 Å². The summed E-state index contributed by atoms with van der Waals surface area (Å²) in [5.41, 5.74) is 2.26. The summed E-state index contributed by atoms with van der Waals surface area (Å²) in [7, 11) is 1.63. The van der Waals surface area contributed by atoms with E-state index >= 15 is 0 Å². The molecule has 1 N–H and O–H groups in total. The van der Waals surface area contributed by atoms with E-state index in [-0.39, 0.29) is 10.6 Å². The van der Waals surface area contributed by atoms with Gasteiger partial charge in [0.15, 0.2) is 0 Å². The van der Waals surface area contributed by atoms with Gasteiger partial charge in [-0.05, 0) is 42.3 Å². The van der Waals surface area contributed by atoms with Gasteiger partial charge in [-0.3, -0.25) is 0 Å². The molecular weight excluding hydrogens is 436 g/mol. The molecule has 4 rings (SSSR count). The van der Waals surface area contributed by atoms with Gasteiger partial charge in [0.2, 0.25) is 0 Å². The standard InChI is InChI=1S/C27H24O5S/c1-30-24-10-6-5-9-21(24)18-31-22-13-11-20(12-14-22)25-17-23(28)26(27(29)32-25)33-16-15-19-7-3-2-4-8-19/h2-14,17,28H,15-16,18H2,1H3. The third-order valence-corrected chi connectivity index (χ3v) is 6.17. The smallest absolute Gasteiger partial charge is 0.353 e. The first kappa shape index (κ1) is 22.6. The molecule has 4 aromatic rings. The van der Waals surface area contributed by atoms with Crippen LogP contribution in [-0.4, -0.2) is 18.0 Å². The van der Waals surface area contributed by atoms with E-state index in [1.54, 1.807) is 31.4 Å². The van der Waals surface area contributed by atoms with Crippen molar-refractivity contribution in [1.82, 2.24) is 0 Å². The van der Waals surface area contributed by atoms with Crippen LogP contribution in [0.5, 0.6) is 17.2 Å². The van der Waals surface area contributed by atoms with Crippen molar-refractivity contribution in [3.8, 4) is 28.6 Å². The van der Waals surface area contributed by atoms with E-state index in [1.165, 1.54) is 23.4 Å². The fraction of sp³-hybridized carbons (Fsp3) is 0.148. The van der Waals surface area contributed by atoms with Crippen LogP contribution in [0.25, 0.3) is 11.3 Å². The van der Waals surface area contributed by atoms with E-state index in [2.05, 4.69) is 0 Å². The Bertz CT molecular complexity index is 1250. The largest absolute Gasteiger partial charge is 0.506 e. The van der Waals surface area contributed by atoms with Crippen LogP contribution in [0.2, 0.25) is 0 Å². The Kier molecular flexibility index (Phi) is 7.37. The molecule has 168 valence electrons. The fourth-order valence-electron chi connectivity index (χ4n) is 3.36. The number of hydrogen-bond donors (Lipinski definition) is 1. The maximum Gasteiger partial charge on any atom is 0.353 e. The van der Waals surface area contributed by atoms with Crippen LogP contribution in [0.3, 0.4) is 0 Å². The number of thioether (sulfide) groups is 1. The molecule has 0 saturated heterocycles. The van der Waals surface area contributed by atoms with Gasteiger partial charge in [0.1, 0.15) is 34.5 Å². The Labute approximate surface area is 196 Å². The van der Waals surface area contributed by atoms with Gasteiger partial charge in [0.05, 0.1) is 7.11 Å². The number of methoxy groups -OCH3 is 1. The van der Waals surface area contributed by atoms with Gasteiger partial charge >= 0.3 is 5.63 Å². The predicted molar refractivity (Wildman–Crippen MR) is 130 cm³/mol. The molecule has 0 aliphatic rings. The van der Waals surface area contributed by atoms with E-state index in [0.29, 0.717) is 29.4 Å². The van der Waals surface area contributed by atoms with E-state index in [9.17, 15) is 9.90 Å². The molecule has 0 aliphatic heterocycles. The van der Waals surface area contributed by atoms with Crippen molar-refractivity contribution in [3.63, 3.8) is 0 Å². The first-order chi connectivity index (χ1) is 16.1. The molecule has 6 heteroatoms. The molecule has 5 nitrogen and oxygen atoms in total. The van der Waals surface area contributed by atoms with Gasteiger partial charge in [0, 0.05) is 22.9 Å². The lowest BCUT2D eigenvalue weighted by molar-refractivity contribution is 0.296. The predicted octanol–water partition coefficient (Wildman–Crippen LogP) is 5.93. The van der Waals surface area contributed by atoms with Gasteiger partial charge in [-0.15, -0.1) is 11.8 Å². The molecule has 0 aliphatic carbocycles. The highest BCUT2D eigenvalue weighted by atomic mass is 32.2. The van der Waals surface area contributed by atoms with Crippen molar-refractivity contribution in [2.75, 3.05) is 12.9 Å². The molecule has 0 saturated carbocycles. The molecule has 0 amide bonds. The molecule has 1 heterocycles. The lowest BCUT2D eigenvalue weighted by Crippen LogP contribution is -2.04. The molecular formula is C27H24O5S. The summed E-state index contributed by atoms with van der Waals surface area (Å²) in [5.74, 6) is 2.34. The first-order valence-electron chi connectivity index (χ1n) is 10.5. The van der Waals surface area contributed by atoms with E-state index in [0.717, 1.165) is 17.7 Å². The summed E-state index contributed by atoms with van der Waals surface area (Å²) in [5, 5.41) is 10.4. The number of benzene rings is 3. The highest BCUT2D eigenvalue weighted by Crippen LogP contribution is 2.31. The number of rotatable bonds is 9. The van der Waals surface area contributed by atoms with Gasteiger partial charge in [-0.25, -0.2) is 4.79 Å². The number of aryl methyl sites for hydroxylation is 1. The normalized spacial score (nSPS) is 10.7. The van der Waals surface area contributed by atoms with Gasteiger partial charge in [-0.1, -0.05) is 48.5 Å². The summed E-state index contributed by atoms with van der Waals surface area (Å²) in [6.45, 7) is 0.369. The Morgan fingerprint density at radius 2 is 1.67 bits per heavy atom. The van der Waals surface area contributed by atoms with Gasteiger partial charge in [-0.2, -0.15) is 0 Å². The highest BCUT2D eigenvalue weighted by molar-refractivity contribution is 7.99. The van der Waals surface area contributed by atoms with Crippen LogP contribution < -0.4 is 15.1 Å². The minimum atomic E-state index is -0.542. The summed E-state index contributed by atoms with van der Waals surface area (Å²) >= 11 is 1.30. The zero-order valence-corrected chi connectivity index (χ0v) is 19.0. The molecule has 0 radical (unpaired) electrons. The first-order valence-corrected chi connectivity index (χ1v) is 11.5. The van der Waals surface area contributed by atoms with Gasteiger partial charge in [0.25, 0.3) is 0 Å². The zero-order valence-electron chi connectivity index (χ0n) is 18.2. The fourth-order valence-corrected chi connectivity index (χ4v) is 4.27. The second-order valence-corrected chi connectivity index (χ2v) is 8.43. The molecule has 33 heavy (non-hydrogen) atoms. The minimum Gasteiger partial charge on any atom is -0.506 e. The molecule has 0 unspecified atom stereocenters. The topological polar surface area (TPSA) is 68.9 Å². The van der Waals surface area contributed by atoms with Crippen molar-refractivity contribution < 1.29 is 19.0 Å². The van der Waals surface area contributed by atoms with Crippen LogP contribution >= 0.6 is 11.8 Å². The molecule has 0 fully saturated rings. The SMILES string of the molecule is COc1ccccc1COc1ccc(-c2cc(O)c(SCCc3ccccc3)c(=O)o2)cc1. The summed E-state index contributed by atoms with van der Waals surface area (Å²) in [6, 6.07) is 26.3. The summed E-state index contributed by atoms with van der Waals surface area (Å²) in [6.07, 6.45) is 0.794. The van der Waals surface area contributed by atoms with Crippen molar-refractivity contribution in [1.29, 1.82) is 0 Å². The monoisotopic (exact) mass is 460 g/mol. The van der Waals surface area contributed by atoms with Crippen molar-refractivity contribution in [2.24, 2.45) is 0 Å². The lowest BCUT2D eigenvalue weighted by atomic mass is 10.1. The Balaban J connectivity index is 1.40. The van der Waals surface area contributed by atoms with Crippen molar-refractivity contribution >= 4 is 11.8 Å². The Morgan fingerprint density at radius 3 is 2.39 bits per heavy atom. The second kappa shape index (κ2) is 10.8. The third-order valence-electron chi connectivity index (χ3n) is 5.09. The number of aromatic hydroxyl groups is 1. The average molecular weight is 461 g/mol. The Morgan fingerprint density at radius 1 is 0.939 bits per heavy atom. The molecule has 0 bridgehead atoms. The third kappa shape index (κ3) is 5.79. The number of ether oxygens (including phenoxy) is 2. The lowest BCUT2D eigenvalue weighted by Gasteiger charge is -2.10. The number of para-hydroxylation sites is 1. The highest BCUT2D eigenvalue weighted by Gasteiger charge is 2.13. The quantitative estimate of drug-likeness (QED) is 0.312. The van der Waals surface area contributed by atoms with Crippen LogP contribution in [0.1, 0.15) is 11.1 Å². The maximum atomic E-state index is 12.5. The van der Waals surface area contributed by atoms with Crippen molar-refractivity contribution in [3.05, 3.63) is 106 Å². The van der Waals surface area contributed by atoms with E-state index in [4.69, 9.17) is 13.9 Å². The Hall–Kier alpha value is -3.64. The summed E-state index contributed by atoms with van der Waals surface area (Å²) < 4.78 is 16.7. The summed E-state index contributed by atoms with van der Waals surface area (Å²) in [4.78, 5) is 12.7. The number of hydrogen-bond acceptors (Lipinski definition) is 6. The van der Waals surface area contributed by atoms with Crippen molar-refractivity contribution in [2.45, 2.75) is 17.9 Å². The van der Waals surface area contributed by atoms with Crippen LogP contribution in [-0.2, 0) is 13.0 Å². The van der Waals surface area contributed by atoms with E-state index < -0.39 is 5.63 Å². The van der Waals surface area contributed by atoms with E-state index in [1.807, 2.05) is 54.6 Å². The maximum absolute atomic E-state index is 12.5. The second-order valence-electron chi connectivity index (χ2n) is 7.32. The zero-order chi connectivity index (χ0) is 23.0. The molecule has 0 atom stereocenters. The molecule has 3 aromatic carbocycles. The van der Waals surface area contributed by atoms with Crippen LogP contribution in [0.4, 0.5) is 0 Å². The molecule has 0 spiro atoms. The minimum absolute atomic E-state index is 0.0733. The average Bonchev–Trinajstić information content (AvgIpc) is 2.85.